The number of carbonyl (C=O) groups is 1. The van der Waals surface area contributed by atoms with Crippen molar-refractivity contribution in [1.29, 1.82) is 0 Å². The number of carbonyl (C=O) groups excluding carboxylic acids is 1. The van der Waals surface area contributed by atoms with Crippen molar-refractivity contribution < 1.29 is 4.79 Å². The first kappa shape index (κ1) is 19.9. The van der Waals surface area contributed by atoms with Crippen LogP contribution in [0.25, 0.3) is 0 Å². The second-order valence-electron chi connectivity index (χ2n) is 6.72. The predicted octanol–water partition coefficient (Wildman–Crippen LogP) is 2.42. The Morgan fingerprint density at radius 3 is 2.43 bits per heavy atom. The quantitative estimate of drug-likeness (QED) is 0.836. The third kappa shape index (κ3) is 6.50. The van der Waals surface area contributed by atoms with Gasteiger partial charge in [-0.3, -0.25) is 9.69 Å². The minimum absolute atomic E-state index is 0. The molecule has 130 valence electrons. The summed E-state index contributed by atoms with van der Waals surface area (Å²) in [7, 11) is 0. The second-order valence-corrected chi connectivity index (χ2v) is 6.72. The van der Waals surface area contributed by atoms with Gasteiger partial charge in [-0.15, -0.1) is 12.4 Å². The smallest absolute Gasteiger partial charge is 0.237 e. The van der Waals surface area contributed by atoms with E-state index in [1.54, 1.807) is 0 Å². The van der Waals surface area contributed by atoms with Gasteiger partial charge in [0.15, 0.2) is 0 Å². The molecule has 5 heteroatoms. The number of nitrogens with zero attached hydrogens (tertiary/aromatic N) is 1. The Kier molecular flexibility index (Phi) is 8.59. The van der Waals surface area contributed by atoms with Crippen LogP contribution in [0.2, 0.25) is 0 Å². The lowest BCUT2D eigenvalue weighted by molar-refractivity contribution is -0.123. The summed E-state index contributed by atoms with van der Waals surface area (Å²) in [5, 5.41) is 3.02. The predicted molar refractivity (Wildman–Crippen MR) is 97.5 cm³/mol. The molecule has 0 spiro atoms. The number of piperidine rings is 1. The van der Waals surface area contributed by atoms with E-state index in [1.165, 1.54) is 5.56 Å². The van der Waals surface area contributed by atoms with E-state index in [4.69, 9.17) is 5.73 Å². The minimum atomic E-state index is -0.391. The minimum Gasteiger partial charge on any atom is -0.354 e. The molecule has 0 radical (unpaired) electrons. The fraction of sp³-hybridized carbons (Fsp3) is 0.611. The van der Waals surface area contributed by atoms with E-state index < -0.39 is 6.04 Å². The maximum Gasteiger partial charge on any atom is 0.237 e. The number of hydrogen-bond donors (Lipinski definition) is 2. The molecule has 0 saturated carbocycles. The normalized spacial score (nSPS) is 17.6. The van der Waals surface area contributed by atoms with Crippen molar-refractivity contribution in [3.05, 3.63) is 35.9 Å². The van der Waals surface area contributed by atoms with Crippen molar-refractivity contribution in [2.24, 2.45) is 17.6 Å². The number of rotatable bonds is 6. The molecule has 1 aliphatic heterocycles. The lowest BCUT2D eigenvalue weighted by atomic mass is 9.96. The van der Waals surface area contributed by atoms with Crippen LogP contribution in [0.3, 0.4) is 0 Å². The Morgan fingerprint density at radius 1 is 1.26 bits per heavy atom. The molecule has 1 heterocycles. The Labute approximate surface area is 146 Å². The van der Waals surface area contributed by atoms with Crippen molar-refractivity contribution in [2.75, 3.05) is 19.6 Å². The zero-order valence-electron chi connectivity index (χ0n) is 14.2. The van der Waals surface area contributed by atoms with Crippen molar-refractivity contribution in [3.8, 4) is 0 Å². The maximum atomic E-state index is 11.9. The van der Waals surface area contributed by atoms with E-state index in [2.05, 4.69) is 40.5 Å². The molecular formula is C18H30ClN3O. The highest BCUT2D eigenvalue weighted by molar-refractivity contribution is 5.85. The molecule has 1 atom stereocenters. The molecule has 0 unspecified atom stereocenters. The molecule has 1 aromatic carbocycles. The fourth-order valence-corrected chi connectivity index (χ4v) is 2.86. The number of benzene rings is 1. The molecule has 0 aromatic heterocycles. The van der Waals surface area contributed by atoms with Gasteiger partial charge in [0.1, 0.15) is 0 Å². The summed E-state index contributed by atoms with van der Waals surface area (Å²) in [5.74, 6) is 0.754. The number of nitrogens with two attached hydrogens (primary N) is 1. The van der Waals surface area contributed by atoms with Crippen LogP contribution in [-0.2, 0) is 11.3 Å². The van der Waals surface area contributed by atoms with Gasteiger partial charge < -0.3 is 11.1 Å². The van der Waals surface area contributed by atoms with E-state index in [0.29, 0.717) is 5.92 Å². The van der Waals surface area contributed by atoms with Crippen LogP contribution in [0.15, 0.2) is 30.3 Å². The van der Waals surface area contributed by atoms with Crippen LogP contribution in [0, 0.1) is 11.8 Å². The largest absolute Gasteiger partial charge is 0.354 e. The van der Waals surface area contributed by atoms with Crippen LogP contribution in [0.4, 0.5) is 0 Å². The van der Waals surface area contributed by atoms with Crippen LogP contribution in [-0.4, -0.2) is 36.5 Å². The number of likely N-dealkylation sites (tertiary alicyclic amines) is 1. The Bertz CT molecular complexity index is 459. The summed E-state index contributed by atoms with van der Waals surface area (Å²) in [5.41, 5.74) is 7.24. The van der Waals surface area contributed by atoms with Gasteiger partial charge in [0.25, 0.3) is 0 Å². The van der Waals surface area contributed by atoms with E-state index in [0.717, 1.165) is 39.0 Å². The first-order valence-corrected chi connectivity index (χ1v) is 8.36. The molecular weight excluding hydrogens is 310 g/mol. The van der Waals surface area contributed by atoms with Crippen LogP contribution in [0.5, 0.6) is 0 Å². The standard InChI is InChI=1S/C18H29N3O.ClH/c1-14(2)17(19)18(22)20-12-15-8-10-21(11-9-15)13-16-6-4-3-5-7-16;/h3-7,14-15,17H,8-13,19H2,1-2H3,(H,20,22);1H/t17-;/m0./s1. The highest BCUT2D eigenvalue weighted by Gasteiger charge is 2.22. The molecule has 3 N–H and O–H groups in total. The lowest BCUT2D eigenvalue weighted by Gasteiger charge is -2.32. The molecule has 23 heavy (non-hydrogen) atoms. The van der Waals surface area contributed by atoms with Crippen LogP contribution < -0.4 is 11.1 Å². The number of nitrogens with one attached hydrogen (secondary N) is 1. The van der Waals surface area contributed by atoms with E-state index in [1.807, 2.05) is 13.8 Å². The lowest BCUT2D eigenvalue weighted by Crippen LogP contribution is -2.46. The molecule has 1 aliphatic rings. The van der Waals surface area contributed by atoms with Gasteiger partial charge in [0.2, 0.25) is 5.91 Å². The summed E-state index contributed by atoms with van der Waals surface area (Å²) in [6, 6.07) is 10.2. The highest BCUT2D eigenvalue weighted by atomic mass is 35.5. The average Bonchev–Trinajstić information content (AvgIpc) is 2.54. The molecule has 1 saturated heterocycles. The average molecular weight is 340 g/mol. The van der Waals surface area contributed by atoms with Crippen molar-refractivity contribution in [1.82, 2.24) is 10.2 Å². The number of hydrogen-bond acceptors (Lipinski definition) is 3. The summed E-state index contributed by atoms with van der Waals surface area (Å²) < 4.78 is 0. The molecule has 0 aliphatic carbocycles. The van der Waals surface area contributed by atoms with Gasteiger partial charge in [-0.05, 0) is 43.3 Å². The van der Waals surface area contributed by atoms with Crippen molar-refractivity contribution >= 4 is 18.3 Å². The molecule has 4 nitrogen and oxygen atoms in total. The van der Waals surface area contributed by atoms with Gasteiger partial charge in [-0.25, -0.2) is 0 Å². The summed E-state index contributed by atoms with van der Waals surface area (Å²) >= 11 is 0. The first-order valence-electron chi connectivity index (χ1n) is 8.36. The van der Waals surface area contributed by atoms with Crippen LogP contribution in [0.1, 0.15) is 32.3 Å². The fourth-order valence-electron chi connectivity index (χ4n) is 2.86. The Balaban J connectivity index is 0.00000264. The van der Waals surface area contributed by atoms with Gasteiger partial charge >= 0.3 is 0 Å². The topological polar surface area (TPSA) is 58.4 Å². The van der Waals surface area contributed by atoms with Gasteiger partial charge in [0.05, 0.1) is 6.04 Å². The maximum absolute atomic E-state index is 11.9. The highest BCUT2D eigenvalue weighted by Crippen LogP contribution is 2.18. The number of halogens is 1. The van der Waals surface area contributed by atoms with Gasteiger partial charge in [0, 0.05) is 13.1 Å². The number of amides is 1. The third-order valence-corrected chi connectivity index (χ3v) is 4.54. The summed E-state index contributed by atoms with van der Waals surface area (Å²) in [6.45, 7) is 7.95. The summed E-state index contributed by atoms with van der Waals surface area (Å²) in [4.78, 5) is 14.4. The van der Waals surface area contributed by atoms with Crippen LogP contribution >= 0.6 is 12.4 Å². The van der Waals surface area contributed by atoms with E-state index >= 15 is 0 Å². The first-order chi connectivity index (χ1) is 10.6. The second kappa shape index (κ2) is 9.91. The summed E-state index contributed by atoms with van der Waals surface area (Å²) in [6.07, 6.45) is 2.29. The zero-order chi connectivity index (χ0) is 15.9. The van der Waals surface area contributed by atoms with Gasteiger partial charge in [-0.1, -0.05) is 44.2 Å². The molecule has 1 aromatic rings. The van der Waals surface area contributed by atoms with Gasteiger partial charge in [-0.2, -0.15) is 0 Å². The zero-order valence-corrected chi connectivity index (χ0v) is 15.0. The SMILES string of the molecule is CC(C)[C@H](N)C(=O)NCC1CCN(Cc2ccccc2)CC1.Cl. The Hall–Kier alpha value is -1.10. The van der Waals surface area contributed by atoms with E-state index in [9.17, 15) is 4.79 Å². The van der Waals surface area contributed by atoms with Crippen molar-refractivity contribution in [2.45, 2.75) is 39.3 Å². The molecule has 0 bridgehead atoms. The third-order valence-electron chi connectivity index (χ3n) is 4.54. The van der Waals surface area contributed by atoms with E-state index in [-0.39, 0.29) is 24.2 Å². The molecule has 2 rings (SSSR count). The monoisotopic (exact) mass is 339 g/mol. The Morgan fingerprint density at radius 2 is 1.87 bits per heavy atom. The molecule has 1 fully saturated rings. The van der Waals surface area contributed by atoms with Crippen molar-refractivity contribution in [3.63, 3.8) is 0 Å². The molecule has 1 amide bonds.